The number of hydrogen-bond donors (Lipinski definition) is 1. The maximum Gasteiger partial charge on any atom is 0.416 e. The van der Waals surface area contributed by atoms with Crippen molar-refractivity contribution in [2.45, 2.75) is 17.7 Å². The fraction of sp³-hybridized carbons (Fsp3) is 0.0870. The van der Waals surface area contributed by atoms with Gasteiger partial charge in [-0.1, -0.05) is 18.2 Å². The molecule has 0 bridgehead atoms. The maximum atomic E-state index is 14.1. The number of nitrogens with zero attached hydrogens (tertiary/aromatic N) is 1. The first kappa shape index (κ1) is 25.5. The highest BCUT2D eigenvalue weighted by Gasteiger charge is 2.32. The third-order valence-corrected chi connectivity index (χ3v) is 6.82. The summed E-state index contributed by atoms with van der Waals surface area (Å²) in [6.07, 6.45) is -4.76. The monoisotopic (exact) mass is 544 g/mol. The van der Waals surface area contributed by atoms with Crippen LogP contribution in [0.25, 0.3) is 22.4 Å². The van der Waals surface area contributed by atoms with E-state index in [0.717, 1.165) is 36.4 Å². The van der Waals surface area contributed by atoms with E-state index in [-0.39, 0.29) is 22.4 Å². The summed E-state index contributed by atoms with van der Waals surface area (Å²) in [4.78, 5) is 3.50. The average Bonchev–Trinajstić information content (AvgIpc) is 3.32. The summed E-state index contributed by atoms with van der Waals surface area (Å²) >= 11 is 1.22. The van der Waals surface area contributed by atoms with E-state index in [1.807, 2.05) is 0 Å². The number of anilines is 1. The molecule has 0 aliphatic rings. The van der Waals surface area contributed by atoms with Gasteiger partial charge in [-0.25, -0.2) is 17.8 Å². The van der Waals surface area contributed by atoms with Gasteiger partial charge in [0.25, 0.3) is 10.0 Å². The van der Waals surface area contributed by atoms with Crippen molar-refractivity contribution >= 4 is 27.0 Å². The predicted molar refractivity (Wildman–Crippen MR) is 122 cm³/mol. The Morgan fingerprint density at radius 1 is 0.972 bits per heavy atom. The van der Waals surface area contributed by atoms with Gasteiger partial charge in [0.15, 0.2) is 0 Å². The number of thiazole rings is 1. The van der Waals surface area contributed by atoms with E-state index in [1.165, 1.54) is 35.0 Å². The van der Waals surface area contributed by atoms with Crippen LogP contribution in [0, 0.1) is 5.82 Å². The lowest BCUT2D eigenvalue weighted by Gasteiger charge is -2.15. The van der Waals surface area contributed by atoms with E-state index >= 15 is 0 Å². The number of alkyl halides is 5. The van der Waals surface area contributed by atoms with Crippen LogP contribution < -0.4 is 9.46 Å². The quantitative estimate of drug-likeness (QED) is 0.254. The van der Waals surface area contributed by atoms with Gasteiger partial charge in [0.05, 0.1) is 27.4 Å². The van der Waals surface area contributed by atoms with Gasteiger partial charge < -0.3 is 4.74 Å². The van der Waals surface area contributed by atoms with Crippen molar-refractivity contribution in [2.24, 2.45) is 0 Å². The molecule has 1 N–H and O–H groups in total. The second-order valence-electron chi connectivity index (χ2n) is 7.32. The summed E-state index contributed by atoms with van der Waals surface area (Å²) in [5, 5.41) is 1.62. The smallest absolute Gasteiger partial charge is 0.416 e. The Morgan fingerprint density at radius 3 is 2.42 bits per heavy atom. The van der Waals surface area contributed by atoms with Gasteiger partial charge >= 0.3 is 12.8 Å². The average molecular weight is 544 g/mol. The van der Waals surface area contributed by atoms with Crippen molar-refractivity contribution in [3.8, 4) is 28.1 Å². The van der Waals surface area contributed by atoms with Gasteiger partial charge in [-0.15, -0.1) is 11.3 Å². The molecule has 3 aromatic carbocycles. The summed E-state index contributed by atoms with van der Waals surface area (Å²) in [6, 6.07) is 10.4. The molecule has 36 heavy (non-hydrogen) atoms. The van der Waals surface area contributed by atoms with Crippen molar-refractivity contribution < 1.29 is 39.5 Å². The van der Waals surface area contributed by atoms with Crippen molar-refractivity contribution in [1.82, 2.24) is 4.98 Å². The Labute approximate surface area is 205 Å². The fourth-order valence-electron chi connectivity index (χ4n) is 3.32. The highest BCUT2D eigenvalue weighted by atomic mass is 32.2. The van der Waals surface area contributed by atoms with Gasteiger partial charge in [0.1, 0.15) is 11.6 Å². The number of hydrogen-bond acceptors (Lipinski definition) is 5. The van der Waals surface area contributed by atoms with Crippen LogP contribution in [0.2, 0.25) is 0 Å². The van der Waals surface area contributed by atoms with Crippen LogP contribution >= 0.6 is 11.3 Å². The first-order chi connectivity index (χ1) is 16.9. The van der Waals surface area contributed by atoms with Gasteiger partial charge in [-0.05, 0) is 47.5 Å². The zero-order valence-corrected chi connectivity index (χ0v) is 19.4. The number of nitrogens with one attached hydrogen (secondary N) is 1. The molecule has 0 unspecified atom stereocenters. The van der Waals surface area contributed by atoms with Gasteiger partial charge in [0.2, 0.25) is 0 Å². The number of benzene rings is 3. The predicted octanol–water partition coefficient (Wildman–Crippen LogP) is 7.04. The van der Waals surface area contributed by atoms with E-state index in [9.17, 15) is 34.8 Å². The molecule has 1 aromatic heterocycles. The van der Waals surface area contributed by atoms with Crippen LogP contribution in [-0.4, -0.2) is 20.0 Å². The minimum atomic E-state index is -4.76. The Bertz CT molecular complexity index is 1490. The van der Waals surface area contributed by atoms with Crippen molar-refractivity contribution in [3.63, 3.8) is 0 Å². The minimum absolute atomic E-state index is 0.0728. The van der Waals surface area contributed by atoms with Gasteiger partial charge in [0, 0.05) is 17.0 Å². The molecule has 1 heterocycles. The topological polar surface area (TPSA) is 68.3 Å². The molecule has 188 valence electrons. The molecule has 5 nitrogen and oxygen atoms in total. The number of rotatable bonds is 7. The lowest BCUT2D eigenvalue weighted by molar-refractivity contribution is -0.137. The van der Waals surface area contributed by atoms with Crippen LogP contribution in [0.4, 0.5) is 32.0 Å². The van der Waals surface area contributed by atoms with E-state index < -0.39 is 44.8 Å². The summed E-state index contributed by atoms with van der Waals surface area (Å²) in [5.74, 6) is -1.33. The highest BCUT2D eigenvalue weighted by Crippen LogP contribution is 2.36. The van der Waals surface area contributed by atoms with E-state index in [0.29, 0.717) is 11.8 Å². The molecule has 0 aliphatic carbocycles. The molecule has 0 saturated heterocycles. The Hall–Kier alpha value is -3.58. The summed E-state index contributed by atoms with van der Waals surface area (Å²) in [6.45, 7) is -3.19. The lowest BCUT2D eigenvalue weighted by Crippen LogP contribution is -2.15. The lowest BCUT2D eigenvalue weighted by atomic mass is 10.0. The van der Waals surface area contributed by atoms with Crippen molar-refractivity contribution in [1.29, 1.82) is 0 Å². The van der Waals surface area contributed by atoms with Crippen molar-refractivity contribution in [2.75, 3.05) is 4.72 Å². The third-order valence-electron chi connectivity index (χ3n) is 4.87. The van der Waals surface area contributed by atoms with Crippen LogP contribution in [-0.2, 0) is 16.2 Å². The molecule has 0 radical (unpaired) electrons. The van der Waals surface area contributed by atoms with Crippen LogP contribution in [0.1, 0.15) is 5.56 Å². The minimum Gasteiger partial charge on any atom is -0.435 e. The number of halogens is 6. The van der Waals surface area contributed by atoms with E-state index in [4.69, 9.17) is 0 Å². The molecule has 0 fully saturated rings. The number of sulfonamides is 1. The molecule has 0 saturated carbocycles. The first-order valence-corrected chi connectivity index (χ1v) is 12.3. The standard InChI is InChI=1S/C23H14F6N2O3S2/c24-16-6-14(7-17(10-16)34-22(25)26)13-4-5-19(21-11-35-12-30-21)20(8-13)31-36(32,33)18-3-1-2-15(9-18)23(27,28)29/h1-12,22,31H. The second-order valence-corrected chi connectivity index (χ2v) is 9.72. The van der Waals surface area contributed by atoms with Crippen molar-refractivity contribution in [3.05, 3.63) is 82.9 Å². The van der Waals surface area contributed by atoms with E-state index in [1.54, 1.807) is 5.38 Å². The summed E-state index contributed by atoms with van der Waals surface area (Å²) in [7, 11) is -4.51. The Balaban J connectivity index is 1.80. The van der Waals surface area contributed by atoms with Crippen LogP contribution in [0.15, 0.2) is 76.4 Å². The summed E-state index contributed by atoms with van der Waals surface area (Å²) < 4.78 is 111. The van der Waals surface area contributed by atoms with Gasteiger partial charge in [-0.3, -0.25) is 4.72 Å². The zero-order valence-electron chi connectivity index (χ0n) is 17.8. The van der Waals surface area contributed by atoms with Crippen LogP contribution in [0.3, 0.4) is 0 Å². The molecule has 0 spiro atoms. The molecule has 13 heteroatoms. The highest BCUT2D eigenvalue weighted by molar-refractivity contribution is 7.92. The van der Waals surface area contributed by atoms with E-state index in [2.05, 4.69) is 14.4 Å². The third kappa shape index (κ3) is 5.79. The SMILES string of the molecule is O=S(=O)(Nc1cc(-c2cc(F)cc(OC(F)F)c2)ccc1-c1cscn1)c1cccc(C(F)(F)F)c1. The van der Waals surface area contributed by atoms with Gasteiger partial charge in [-0.2, -0.15) is 22.0 Å². The second kappa shape index (κ2) is 9.82. The summed E-state index contributed by atoms with van der Waals surface area (Å²) in [5.41, 5.74) is 1.24. The Morgan fingerprint density at radius 2 is 1.75 bits per heavy atom. The largest absolute Gasteiger partial charge is 0.435 e. The first-order valence-electron chi connectivity index (χ1n) is 9.91. The molecule has 4 rings (SSSR count). The number of aromatic nitrogens is 1. The molecular weight excluding hydrogens is 530 g/mol. The maximum absolute atomic E-state index is 14.1. The molecule has 0 amide bonds. The molecular formula is C23H14F6N2O3S2. The number of ether oxygens (including phenoxy) is 1. The zero-order chi connectivity index (χ0) is 26.1. The van der Waals surface area contributed by atoms with Crippen LogP contribution in [0.5, 0.6) is 5.75 Å². The molecule has 0 aliphatic heterocycles. The Kier molecular flexibility index (Phi) is 6.96. The normalized spacial score (nSPS) is 12.1. The molecule has 4 aromatic rings. The fourth-order valence-corrected chi connectivity index (χ4v) is 4.99. The molecule has 0 atom stereocenters.